The number of rotatable bonds is 7. The summed E-state index contributed by atoms with van der Waals surface area (Å²) < 4.78 is 59.9. The van der Waals surface area contributed by atoms with E-state index in [2.05, 4.69) is 5.32 Å². The van der Waals surface area contributed by atoms with Crippen LogP contribution in [0.2, 0.25) is 5.02 Å². The average molecular weight is 446 g/mol. The Morgan fingerprint density at radius 1 is 1.10 bits per heavy atom. The van der Waals surface area contributed by atoms with Gasteiger partial charge in [-0.15, -0.1) is 0 Å². The molecule has 1 N–H and O–H groups in total. The lowest BCUT2D eigenvalue weighted by atomic mass is 10.0. The van der Waals surface area contributed by atoms with Crippen LogP contribution < -0.4 is 5.32 Å². The Labute approximate surface area is 173 Å². The van der Waals surface area contributed by atoms with E-state index in [1.807, 2.05) is 0 Å². The predicted octanol–water partition coefficient (Wildman–Crippen LogP) is 4.90. The van der Waals surface area contributed by atoms with E-state index in [1.165, 1.54) is 31.2 Å². The van der Waals surface area contributed by atoms with Crippen LogP contribution in [0.25, 0.3) is 0 Å². The summed E-state index contributed by atoms with van der Waals surface area (Å²) in [7, 11) is -4.16. The molecule has 2 atom stereocenters. The van der Waals surface area contributed by atoms with Crippen molar-refractivity contribution in [3.8, 4) is 0 Å². The number of ether oxygens (including phenoxy) is 1. The second-order valence-electron chi connectivity index (χ2n) is 6.96. The molecule has 5 nitrogen and oxygen atoms in total. The Morgan fingerprint density at radius 3 is 2.31 bits per heavy atom. The third kappa shape index (κ3) is 5.90. The Kier molecular flexibility index (Phi) is 7.60. The number of sulfone groups is 1. The maximum Gasteiger partial charge on any atom is 0.407 e. The summed E-state index contributed by atoms with van der Waals surface area (Å²) in [6.07, 6.45) is -0.728. The van der Waals surface area contributed by atoms with E-state index in [-0.39, 0.29) is 23.1 Å². The van der Waals surface area contributed by atoms with Crippen molar-refractivity contribution in [1.82, 2.24) is 5.32 Å². The number of nitrogens with one attached hydrogen (secondary N) is 1. The van der Waals surface area contributed by atoms with Gasteiger partial charge in [-0.2, -0.15) is 0 Å². The highest BCUT2D eigenvalue weighted by Gasteiger charge is 2.36. The van der Waals surface area contributed by atoms with Crippen LogP contribution in [0.15, 0.2) is 47.4 Å². The molecule has 0 aliphatic carbocycles. The second-order valence-corrected chi connectivity index (χ2v) is 9.47. The van der Waals surface area contributed by atoms with Crippen molar-refractivity contribution >= 4 is 27.5 Å². The van der Waals surface area contributed by atoms with E-state index in [9.17, 15) is 22.0 Å². The van der Waals surface area contributed by atoms with Crippen LogP contribution in [-0.4, -0.2) is 27.2 Å². The third-order valence-electron chi connectivity index (χ3n) is 4.14. The maximum atomic E-state index is 14.5. The average Bonchev–Trinajstić information content (AvgIpc) is 2.62. The zero-order valence-electron chi connectivity index (χ0n) is 16.2. The van der Waals surface area contributed by atoms with Crippen LogP contribution in [0.1, 0.15) is 31.6 Å². The van der Waals surface area contributed by atoms with Crippen LogP contribution in [0.5, 0.6) is 0 Å². The van der Waals surface area contributed by atoms with Gasteiger partial charge in [0, 0.05) is 22.5 Å². The molecule has 0 heterocycles. The molecule has 0 aliphatic heterocycles. The van der Waals surface area contributed by atoms with E-state index < -0.39 is 38.7 Å². The van der Waals surface area contributed by atoms with E-state index in [4.69, 9.17) is 16.3 Å². The fourth-order valence-electron chi connectivity index (χ4n) is 2.85. The largest absolute Gasteiger partial charge is 0.449 e. The van der Waals surface area contributed by atoms with Gasteiger partial charge in [-0.25, -0.2) is 22.0 Å². The minimum atomic E-state index is -4.16. The number of carbonyl (C=O) groups excluding carboxylic acids is 1. The standard InChI is InChI=1S/C20H22ClF2NO4S/c1-12(2)24-20(25)28-11-13(3)19(17-10-15(22)6-9-18(17)23)29(26,27)16-7-4-14(21)5-8-16/h4-10,12-13,19H,11H2,1-3H3,(H,24,25)/t13-,19+/m1/s1. The summed E-state index contributed by atoms with van der Waals surface area (Å²) in [6, 6.07) is 7.82. The molecular formula is C20H22ClF2NO4S. The van der Waals surface area contributed by atoms with E-state index >= 15 is 0 Å². The van der Waals surface area contributed by atoms with Crippen molar-refractivity contribution in [3.05, 3.63) is 64.7 Å². The lowest BCUT2D eigenvalue weighted by Gasteiger charge is -2.25. The molecule has 0 spiro atoms. The first kappa shape index (κ1) is 23.1. The van der Waals surface area contributed by atoms with Crippen molar-refractivity contribution < 1.29 is 26.7 Å². The quantitative estimate of drug-likeness (QED) is 0.657. The summed E-state index contributed by atoms with van der Waals surface area (Å²) in [5.41, 5.74) is -0.333. The number of hydrogen-bond acceptors (Lipinski definition) is 4. The molecule has 0 unspecified atom stereocenters. The van der Waals surface area contributed by atoms with Gasteiger partial charge >= 0.3 is 6.09 Å². The van der Waals surface area contributed by atoms with Crippen LogP contribution in [0.3, 0.4) is 0 Å². The number of hydrogen-bond donors (Lipinski definition) is 1. The highest BCUT2D eigenvalue weighted by molar-refractivity contribution is 7.91. The summed E-state index contributed by atoms with van der Waals surface area (Å²) in [5.74, 6) is -2.51. The van der Waals surface area contributed by atoms with Gasteiger partial charge in [0.15, 0.2) is 9.84 Å². The van der Waals surface area contributed by atoms with E-state index in [0.29, 0.717) is 5.02 Å². The fourth-order valence-corrected chi connectivity index (χ4v) is 4.99. The van der Waals surface area contributed by atoms with Crippen molar-refractivity contribution in [2.75, 3.05) is 6.61 Å². The smallest absolute Gasteiger partial charge is 0.407 e. The minimum Gasteiger partial charge on any atom is -0.449 e. The predicted molar refractivity (Wildman–Crippen MR) is 107 cm³/mol. The van der Waals surface area contributed by atoms with Crippen LogP contribution in [0, 0.1) is 17.6 Å². The molecule has 0 bridgehead atoms. The molecule has 0 saturated carbocycles. The normalized spacial score (nSPS) is 13.8. The Balaban J connectivity index is 2.44. The number of amides is 1. The topological polar surface area (TPSA) is 72.5 Å². The van der Waals surface area contributed by atoms with Crippen molar-refractivity contribution in [2.24, 2.45) is 5.92 Å². The molecule has 1 amide bonds. The summed E-state index contributed by atoms with van der Waals surface area (Å²) >= 11 is 5.82. The molecule has 2 rings (SSSR count). The van der Waals surface area contributed by atoms with Crippen molar-refractivity contribution in [1.29, 1.82) is 0 Å². The number of alkyl carbamates (subject to hydrolysis) is 1. The van der Waals surface area contributed by atoms with Crippen LogP contribution in [0.4, 0.5) is 13.6 Å². The molecule has 0 radical (unpaired) electrons. The lowest BCUT2D eigenvalue weighted by molar-refractivity contribution is 0.126. The monoisotopic (exact) mass is 445 g/mol. The number of halogens is 3. The minimum absolute atomic E-state index is 0.103. The Morgan fingerprint density at radius 2 is 1.72 bits per heavy atom. The molecule has 0 saturated heterocycles. The summed E-state index contributed by atoms with van der Waals surface area (Å²) in [4.78, 5) is 11.7. The van der Waals surface area contributed by atoms with Gasteiger partial charge in [0.2, 0.25) is 0 Å². The SMILES string of the molecule is CC(C)NC(=O)OC[C@@H](C)[C@@H](c1cc(F)ccc1F)S(=O)(=O)c1ccc(Cl)cc1. The van der Waals surface area contributed by atoms with Gasteiger partial charge in [0.05, 0.1) is 16.8 Å². The molecule has 158 valence electrons. The molecule has 2 aromatic carbocycles. The highest BCUT2D eigenvalue weighted by Crippen LogP contribution is 2.37. The van der Waals surface area contributed by atoms with Gasteiger partial charge in [0.25, 0.3) is 0 Å². The van der Waals surface area contributed by atoms with E-state index in [1.54, 1.807) is 13.8 Å². The Bertz CT molecular complexity index is 965. The van der Waals surface area contributed by atoms with Crippen LogP contribution in [-0.2, 0) is 14.6 Å². The molecule has 2 aromatic rings. The molecule has 9 heteroatoms. The summed E-state index contributed by atoms with van der Waals surface area (Å²) in [5, 5.41) is 1.37. The molecule has 0 aromatic heterocycles. The summed E-state index contributed by atoms with van der Waals surface area (Å²) in [6.45, 7) is 4.65. The third-order valence-corrected chi connectivity index (χ3v) is 6.71. The molecule has 0 aliphatic rings. The van der Waals surface area contributed by atoms with Crippen molar-refractivity contribution in [2.45, 2.75) is 37.0 Å². The lowest BCUT2D eigenvalue weighted by Crippen LogP contribution is -2.33. The van der Waals surface area contributed by atoms with Crippen LogP contribution >= 0.6 is 11.6 Å². The molecule has 0 fully saturated rings. The molecule has 29 heavy (non-hydrogen) atoms. The Hall–Kier alpha value is -2.19. The maximum absolute atomic E-state index is 14.5. The van der Waals surface area contributed by atoms with Gasteiger partial charge in [-0.3, -0.25) is 0 Å². The second kappa shape index (κ2) is 9.54. The van der Waals surface area contributed by atoms with E-state index in [0.717, 1.165) is 18.2 Å². The first-order valence-electron chi connectivity index (χ1n) is 8.90. The van der Waals surface area contributed by atoms with Gasteiger partial charge in [-0.1, -0.05) is 18.5 Å². The van der Waals surface area contributed by atoms with Crippen molar-refractivity contribution in [3.63, 3.8) is 0 Å². The first-order chi connectivity index (χ1) is 13.5. The number of carbonyl (C=O) groups is 1. The highest BCUT2D eigenvalue weighted by atomic mass is 35.5. The first-order valence-corrected chi connectivity index (χ1v) is 10.8. The molecular weight excluding hydrogens is 424 g/mol. The zero-order chi connectivity index (χ0) is 21.8. The number of benzene rings is 2. The van der Waals surface area contributed by atoms with Gasteiger partial charge in [-0.05, 0) is 56.3 Å². The van der Waals surface area contributed by atoms with Gasteiger partial charge < -0.3 is 10.1 Å². The zero-order valence-corrected chi connectivity index (χ0v) is 17.7. The fraction of sp³-hybridized carbons (Fsp3) is 0.350. The van der Waals surface area contributed by atoms with Gasteiger partial charge in [0.1, 0.15) is 11.6 Å².